The van der Waals surface area contributed by atoms with Crippen LogP contribution in [0.25, 0.3) is 6.08 Å². The monoisotopic (exact) mass is 256 g/mol. The molecule has 0 saturated carbocycles. The molecule has 0 fully saturated rings. The van der Waals surface area contributed by atoms with Crippen molar-refractivity contribution in [3.63, 3.8) is 0 Å². The minimum Gasteiger partial charge on any atom is -0.477 e. The average Bonchev–Trinajstić information content (AvgIpc) is 2.47. The fourth-order valence-electron chi connectivity index (χ4n) is 1.85. The number of rotatable bonds is 1. The van der Waals surface area contributed by atoms with E-state index in [-0.39, 0.29) is 22.2 Å². The lowest BCUT2D eigenvalue weighted by Crippen LogP contribution is -2.30. The van der Waals surface area contributed by atoms with Crippen molar-refractivity contribution in [3.8, 4) is 0 Å². The third-order valence-corrected chi connectivity index (χ3v) is 4.16. The molecule has 1 unspecified atom stereocenters. The van der Waals surface area contributed by atoms with Crippen molar-refractivity contribution in [2.75, 3.05) is 0 Å². The Kier molecular flexibility index (Phi) is 2.59. The first-order valence-corrected chi connectivity index (χ1v) is 6.44. The maximum Gasteiger partial charge on any atom is 0.353 e. The van der Waals surface area contributed by atoms with Gasteiger partial charge in [-0.05, 0) is 6.92 Å². The van der Waals surface area contributed by atoms with Gasteiger partial charge in [-0.1, -0.05) is 12.2 Å². The molecule has 17 heavy (non-hydrogen) atoms. The second kappa shape index (κ2) is 3.71. The topological polar surface area (TPSA) is 88.4 Å². The highest BCUT2D eigenvalue weighted by Crippen LogP contribution is 2.25. The van der Waals surface area contributed by atoms with Crippen molar-refractivity contribution in [3.05, 3.63) is 23.5 Å². The Balaban J connectivity index is 2.78. The van der Waals surface area contributed by atoms with E-state index in [1.807, 2.05) is 0 Å². The first kappa shape index (κ1) is 11.9. The van der Waals surface area contributed by atoms with Crippen LogP contribution >= 0.6 is 0 Å². The van der Waals surface area contributed by atoms with Crippen LogP contribution in [-0.2, 0) is 17.1 Å². The van der Waals surface area contributed by atoms with Gasteiger partial charge in [0.1, 0.15) is 10.6 Å². The van der Waals surface area contributed by atoms with Crippen molar-refractivity contribution in [1.82, 2.24) is 9.29 Å². The summed E-state index contributed by atoms with van der Waals surface area (Å²) in [6, 6.07) is -0.362. The molecule has 0 bridgehead atoms. The van der Waals surface area contributed by atoms with Gasteiger partial charge in [0, 0.05) is 24.8 Å². The summed E-state index contributed by atoms with van der Waals surface area (Å²) in [6.07, 6.45) is 4.46. The van der Waals surface area contributed by atoms with Gasteiger partial charge in [-0.15, -0.1) is 0 Å². The van der Waals surface area contributed by atoms with E-state index in [4.69, 9.17) is 5.11 Å². The molecule has 1 aliphatic rings. The van der Waals surface area contributed by atoms with Crippen molar-refractivity contribution in [1.29, 1.82) is 0 Å². The molecule has 0 amide bonds. The molecule has 7 heteroatoms. The number of nitrogens with zero attached hydrogens (tertiary/aromatic N) is 1. The van der Waals surface area contributed by atoms with Crippen LogP contribution in [0, 0.1) is 0 Å². The lowest BCUT2D eigenvalue weighted by Gasteiger charge is -2.06. The predicted octanol–water partition coefficient (Wildman–Crippen LogP) is 0.417. The summed E-state index contributed by atoms with van der Waals surface area (Å²) in [5.41, 5.74) is 0.188. The highest BCUT2D eigenvalue weighted by Gasteiger charge is 2.28. The van der Waals surface area contributed by atoms with Crippen LogP contribution < -0.4 is 4.72 Å². The zero-order chi connectivity index (χ0) is 12.8. The Labute approximate surface area is 98.6 Å². The van der Waals surface area contributed by atoms with Crippen LogP contribution in [0.4, 0.5) is 0 Å². The summed E-state index contributed by atoms with van der Waals surface area (Å²) in [6.45, 7) is 1.68. The molecule has 6 nitrogen and oxygen atoms in total. The van der Waals surface area contributed by atoms with Gasteiger partial charge in [-0.3, -0.25) is 0 Å². The lowest BCUT2D eigenvalue weighted by atomic mass is 10.2. The molecule has 1 aromatic heterocycles. The normalized spacial score (nSPS) is 21.9. The minimum atomic E-state index is -3.66. The van der Waals surface area contributed by atoms with Gasteiger partial charge in [0.2, 0.25) is 10.0 Å². The second-order valence-corrected chi connectivity index (χ2v) is 5.62. The van der Waals surface area contributed by atoms with Crippen LogP contribution in [0.5, 0.6) is 0 Å². The van der Waals surface area contributed by atoms with Gasteiger partial charge >= 0.3 is 5.97 Å². The zero-order valence-electron chi connectivity index (χ0n) is 9.34. The van der Waals surface area contributed by atoms with E-state index in [0.29, 0.717) is 0 Å². The Hall–Kier alpha value is -1.60. The number of aromatic carboxylic acids is 1. The molecule has 2 N–H and O–H groups in total. The highest BCUT2D eigenvalue weighted by atomic mass is 32.2. The average molecular weight is 256 g/mol. The smallest absolute Gasteiger partial charge is 0.353 e. The number of carboxylic acid groups (broad SMARTS) is 1. The number of hydrogen-bond donors (Lipinski definition) is 2. The Bertz CT molecular complexity index is 612. The number of carbonyl (C=O) groups is 1. The third kappa shape index (κ3) is 1.87. The molecule has 1 aliphatic heterocycles. The molecular weight excluding hydrogens is 244 g/mol. The fraction of sp³-hybridized carbons (Fsp3) is 0.300. The number of nitrogens with one attached hydrogen (secondary N) is 1. The van der Waals surface area contributed by atoms with Crippen LogP contribution in [0.3, 0.4) is 0 Å². The maximum atomic E-state index is 11.9. The van der Waals surface area contributed by atoms with E-state index >= 15 is 0 Å². The largest absolute Gasteiger partial charge is 0.477 e. The highest BCUT2D eigenvalue weighted by molar-refractivity contribution is 7.89. The van der Waals surface area contributed by atoms with E-state index in [1.54, 1.807) is 13.0 Å². The van der Waals surface area contributed by atoms with Crippen LogP contribution in [0.15, 0.2) is 17.2 Å². The van der Waals surface area contributed by atoms with Crippen molar-refractivity contribution >= 4 is 22.1 Å². The number of aryl methyl sites for hydroxylation is 1. The van der Waals surface area contributed by atoms with Crippen molar-refractivity contribution in [2.24, 2.45) is 7.05 Å². The van der Waals surface area contributed by atoms with Gasteiger partial charge in [-0.2, -0.15) is 0 Å². The predicted molar refractivity (Wildman–Crippen MR) is 61.2 cm³/mol. The van der Waals surface area contributed by atoms with Crippen LogP contribution in [0.2, 0.25) is 0 Å². The molecule has 92 valence electrons. The van der Waals surface area contributed by atoms with E-state index < -0.39 is 16.0 Å². The first-order chi connectivity index (χ1) is 7.83. The zero-order valence-corrected chi connectivity index (χ0v) is 10.2. The SMILES string of the molecule is CC1C=Cc2c(cn(C)c2C(=O)O)S(=O)(=O)N1. The number of sulfonamides is 1. The molecule has 1 aromatic rings. The van der Waals surface area contributed by atoms with Gasteiger partial charge in [-0.25, -0.2) is 17.9 Å². The molecule has 1 atom stereocenters. The second-order valence-electron chi connectivity index (χ2n) is 3.94. The molecule has 2 heterocycles. The quantitative estimate of drug-likeness (QED) is 0.762. The molecule has 0 aromatic carbocycles. The standard InChI is InChI=1S/C10H12N2O4S/c1-6-3-4-7-8(17(15,16)11-6)5-12(2)9(7)10(13)14/h3-6,11H,1-2H3,(H,13,14). The van der Waals surface area contributed by atoms with Gasteiger partial charge in [0.05, 0.1) is 0 Å². The van der Waals surface area contributed by atoms with E-state index in [9.17, 15) is 13.2 Å². The summed E-state index contributed by atoms with van der Waals surface area (Å²) in [5.74, 6) is -1.15. The number of aromatic nitrogens is 1. The summed E-state index contributed by atoms with van der Waals surface area (Å²) >= 11 is 0. The number of hydrogen-bond acceptors (Lipinski definition) is 3. The molecule has 0 saturated heterocycles. The summed E-state index contributed by atoms with van der Waals surface area (Å²) in [4.78, 5) is 11.1. The summed E-state index contributed by atoms with van der Waals surface area (Å²) in [5, 5.41) is 9.07. The molecule has 0 spiro atoms. The van der Waals surface area contributed by atoms with Gasteiger partial charge in [0.15, 0.2) is 0 Å². The Morgan fingerprint density at radius 3 is 2.76 bits per heavy atom. The van der Waals surface area contributed by atoms with E-state index in [0.717, 1.165) is 0 Å². The third-order valence-electron chi connectivity index (χ3n) is 2.57. The molecule has 0 radical (unpaired) electrons. The summed E-state index contributed by atoms with van der Waals surface area (Å²) in [7, 11) is -2.15. The fourth-order valence-corrected chi connectivity index (χ4v) is 3.29. The van der Waals surface area contributed by atoms with Gasteiger partial charge < -0.3 is 9.67 Å². The van der Waals surface area contributed by atoms with Gasteiger partial charge in [0.25, 0.3) is 0 Å². The van der Waals surface area contributed by atoms with Crippen molar-refractivity contribution < 1.29 is 18.3 Å². The van der Waals surface area contributed by atoms with E-state index in [2.05, 4.69) is 4.72 Å². The lowest BCUT2D eigenvalue weighted by molar-refractivity contribution is 0.0686. The minimum absolute atomic E-state index is 0.00185. The van der Waals surface area contributed by atoms with E-state index in [1.165, 1.54) is 23.9 Å². The summed E-state index contributed by atoms with van der Waals surface area (Å²) < 4.78 is 27.6. The maximum absolute atomic E-state index is 11.9. The Morgan fingerprint density at radius 2 is 2.18 bits per heavy atom. The van der Waals surface area contributed by atoms with Crippen LogP contribution in [-0.4, -0.2) is 30.1 Å². The molecular formula is C10H12N2O4S. The molecule has 0 aliphatic carbocycles. The van der Waals surface area contributed by atoms with Crippen LogP contribution in [0.1, 0.15) is 23.0 Å². The Morgan fingerprint density at radius 1 is 1.53 bits per heavy atom. The van der Waals surface area contributed by atoms with Crippen molar-refractivity contribution in [2.45, 2.75) is 17.9 Å². The molecule has 2 rings (SSSR count). The first-order valence-electron chi connectivity index (χ1n) is 4.96. The number of fused-ring (bicyclic) bond motifs is 1. The number of carboxylic acids is 1.